The third-order valence-corrected chi connectivity index (χ3v) is 3.62. The SMILES string of the molecule is CC(OCC(=O)O)N1CCN(Cc2ccccc2)CC1. The largest absolute Gasteiger partial charge is 0.480 e. The Labute approximate surface area is 119 Å². The molecule has 5 heteroatoms. The Morgan fingerprint density at radius 1 is 1.25 bits per heavy atom. The van der Waals surface area contributed by atoms with Crippen LogP contribution in [0.15, 0.2) is 30.3 Å². The molecule has 1 saturated heterocycles. The van der Waals surface area contributed by atoms with Gasteiger partial charge in [0.2, 0.25) is 0 Å². The Bertz CT molecular complexity index is 416. The van der Waals surface area contributed by atoms with Crippen molar-refractivity contribution in [2.24, 2.45) is 0 Å². The van der Waals surface area contributed by atoms with Gasteiger partial charge < -0.3 is 9.84 Å². The molecular weight excluding hydrogens is 256 g/mol. The van der Waals surface area contributed by atoms with E-state index in [1.807, 2.05) is 13.0 Å². The summed E-state index contributed by atoms with van der Waals surface area (Å²) in [7, 11) is 0. The molecule has 2 rings (SSSR count). The summed E-state index contributed by atoms with van der Waals surface area (Å²) in [6.45, 7) is 6.44. The van der Waals surface area contributed by atoms with Gasteiger partial charge in [-0.3, -0.25) is 9.80 Å². The van der Waals surface area contributed by atoms with Gasteiger partial charge in [0.1, 0.15) is 12.8 Å². The average Bonchev–Trinajstić information content (AvgIpc) is 2.46. The zero-order valence-corrected chi connectivity index (χ0v) is 11.9. The first-order chi connectivity index (χ1) is 9.65. The van der Waals surface area contributed by atoms with E-state index >= 15 is 0 Å². The normalized spacial score (nSPS) is 18.9. The van der Waals surface area contributed by atoms with Gasteiger partial charge in [0.15, 0.2) is 0 Å². The molecule has 5 nitrogen and oxygen atoms in total. The van der Waals surface area contributed by atoms with E-state index in [4.69, 9.17) is 9.84 Å². The molecule has 20 heavy (non-hydrogen) atoms. The quantitative estimate of drug-likeness (QED) is 0.849. The molecule has 1 aliphatic rings. The van der Waals surface area contributed by atoms with E-state index in [0.717, 1.165) is 32.7 Å². The van der Waals surface area contributed by atoms with Crippen LogP contribution in [-0.4, -0.2) is 59.9 Å². The Balaban J connectivity index is 1.73. The third kappa shape index (κ3) is 4.59. The molecule has 1 N–H and O–H groups in total. The van der Waals surface area contributed by atoms with Crippen molar-refractivity contribution in [2.45, 2.75) is 19.7 Å². The summed E-state index contributed by atoms with van der Waals surface area (Å²) in [5.41, 5.74) is 1.33. The Kier molecular flexibility index (Phi) is 5.52. The van der Waals surface area contributed by atoms with Gasteiger partial charge in [-0.25, -0.2) is 4.79 Å². The molecule has 1 unspecified atom stereocenters. The zero-order valence-electron chi connectivity index (χ0n) is 11.9. The van der Waals surface area contributed by atoms with E-state index < -0.39 is 5.97 Å². The van der Waals surface area contributed by atoms with Gasteiger partial charge in [-0.1, -0.05) is 30.3 Å². The highest BCUT2D eigenvalue weighted by Crippen LogP contribution is 2.11. The lowest BCUT2D eigenvalue weighted by atomic mass is 10.2. The lowest BCUT2D eigenvalue weighted by Crippen LogP contribution is -2.50. The monoisotopic (exact) mass is 278 g/mol. The molecule has 0 bridgehead atoms. The number of carboxylic acid groups (broad SMARTS) is 1. The molecular formula is C15H22N2O3. The fraction of sp³-hybridized carbons (Fsp3) is 0.533. The predicted octanol–water partition coefficient (Wildman–Crippen LogP) is 1.25. The van der Waals surface area contributed by atoms with E-state index in [9.17, 15) is 4.79 Å². The number of nitrogens with zero attached hydrogens (tertiary/aromatic N) is 2. The van der Waals surface area contributed by atoms with Crippen molar-refractivity contribution in [3.05, 3.63) is 35.9 Å². The Morgan fingerprint density at radius 2 is 1.90 bits per heavy atom. The standard InChI is InChI=1S/C15H22N2O3/c1-13(20-12-15(18)19)17-9-7-16(8-10-17)11-14-5-3-2-4-6-14/h2-6,13H,7-12H2,1H3,(H,18,19). The van der Waals surface area contributed by atoms with E-state index in [-0.39, 0.29) is 12.8 Å². The minimum absolute atomic E-state index is 0.134. The van der Waals surface area contributed by atoms with Gasteiger partial charge in [-0.2, -0.15) is 0 Å². The first-order valence-corrected chi connectivity index (χ1v) is 6.99. The molecule has 0 radical (unpaired) electrons. The molecule has 1 aromatic rings. The van der Waals surface area contributed by atoms with Crippen molar-refractivity contribution >= 4 is 5.97 Å². The lowest BCUT2D eigenvalue weighted by molar-refractivity contribution is -0.149. The van der Waals surface area contributed by atoms with E-state index in [0.29, 0.717) is 0 Å². The van der Waals surface area contributed by atoms with Crippen LogP contribution < -0.4 is 0 Å². The van der Waals surface area contributed by atoms with Crippen LogP contribution in [0.3, 0.4) is 0 Å². The van der Waals surface area contributed by atoms with Crippen LogP contribution in [0.25, 0.3) is 0 Å². The first kappa shape index (κ1) is 15.0. The van der Waals surface area contributed by atoms with Crippen molar-refractivity contribution in [1.29, 1.82) is 0 Å². The fourth-order valence-corrected chi connectivity index (χ4v) is 2.42. The minimum Gasteiger partial charge on any atom is -0.480 e. The molecule has 0 saturated carbocycles. The van der Waals surface area contributed by atoms with Crippen molar-refractivity contribution < 1.29 is 14.6 Å². The van der Waals surface area contributed by atoms with Crippen molar-refractivity contribution in [1.82, 2.24) is 9.80 Å². The molecule has 1 aliphatic heterocycles. The maximum Gasteiger partial charge on any atom is 0.329 e. The second-order valence-electron chi connectivity index (χ2n) is 5.10. The van der Waals surface area contributed by atoms with Crippen LogP contribution in [0.5, 0.6) is 0 Å². The van der Waals surface area contributed by atoms with Gasteiger partial charge >= 0.3 is 5.97 Å². The summed E-state index contributed by atoms with van der Waals surface area (Å²) < 4.78 is 5.30. The van der Waals surface area contributed by atoms with Crippen molar-refractivity contribution in [2.75, 3.05) is 32.8 Å². The van der Waals surface area contributed by atoms with Crippen LogP contribution in [-0.2, 0) is 16.1 Å². The van der Waals surface area contributed by atoms with Gasteiger partial charge in [0, 0.05) is 32.7 Å². The lowest BCUT2D eigenvalue weighted by Gasteiger charge is -2.37. The molecule has 0 aliphatic carbocycles. The first-order valence-electron chi connectivity index (χ1n) is 6.99. The second-order valence-corrected chi connectivity index (χ2v) is 5.10. The maximum atomic E-state index is 10.5. The number of carboxylic acids is 1. The smallest absolute Gasteiger partial charge is 0.329 e. The summed E-state index contributed by atoms with van der Waals surface area (Å²) in [5.74, 6) is -0.917. The predicted molar refractivity (Wildman–Crippen MR) is 76.3 cm³/mol. The maximum absolute atomic E-state index is 10.5. The fourth-order valence-electron chi connectivity index (χ4n) is 2.42. The van der Waals surface area contributed by atoms with Crippen LogP contribution in [0, 0.1) is 0 Å². The number of carbonyl (C=O) groups is 1. The number of benzene rings is 1. The summed E-state index contributed by atoms with van der Waals surface area (Å²) in [5, 5.41) is 8.62. The van der Waals surface area contributed by atoms with Gasteiger partial charge in [0.05, 0.1) is 0 Å². The summed E-state index contributed by atoms with van der Waals surface area (Å²) in [6, 6.07) is 10.4. The van der Waals surface area contributed by atoms with Crippen molar-refractivity contribution in [3.63, 3.8) is 0 Å². The number of hydrogen-bond acceptors (Lipinski definition) is 4. The topological polar surface area (TPSA) is 53.0 Å². The number of piperazine rings is 1. The van der Waals surface area contributed by atoms with Crippen LogP contribution in [0.2, 0.25) is 0 Å². The number of ether oxygens (including phenoxy) is 1. The second kappa shape index (κ2) is 7.38. The van der Waals surface area contributed by atoms with E-state index in [1.165, 1.54) is 5.56 Å². The summed E-state index contributed by atoms with van der Waals surface area (Å²) in [6.07, 6.45) is -0.134. The molecule has 110 valence electrons. The Morgan fingerprint density at radius 3 is 2.50 bits per heavy atom. The molecule has 1 heterocycles. The molecule has 0 amide bonds. The van der Waals surface area contributed by atoms with Crippen LogP contribution >= 0.6 is 0 Å². The van der Waals surface area contributed by atoms with Crippen LogP contribution in [0.4, 0.5) is 0 Å². The van der Waals surface area contributed by atoms with E-state index in [1.54, 1.807) is 0 Å². The van der Waals surface area contributed by atoms with E-state index in [2.05, 4.69) is 34.1 Å². The summed E-state index contributed by atoms with van der Waals surface area (Å²) in [4.78, 5) is 15.1. The molecule has 0 spiro atoms. The van der Waals surface area contributed by atoms with Gasteiger partial charge in [0.25, 0.3) is 0 Å². The van der Waals surface area contributed by atoms with Gasteiger partial charge in [-0.15, -0.1) is 0 Å². The third-order valence-electron chi connectivity index (χ3n) is 3.62. The molecule has 0 aromatic heterocycles. The average molecular weight is 278 g/mol. The number of aliphatic carboxylic acids is 1. The molecule has 1 fully saturated rings. The zero-order chi connectivity index (χ0) is 14.4. The molecule has 1 atom stereocenters. The van der Waals surface area contributed by atoms with Crippen LogP contribution in [0.1, 0.15) is 12.5 Å². The molecule has 1 aromatic carbocycles. The van der Waals surface area contributed by atoms with Gasteiger partial charge in [-0.05, 0) is 12.5 Å². The minimum atomic E-state index is -0.917. The number of hydrogen-bond donors (Lipinski definition) is 1. The Hall–Kier alpha value is -1.43. The van der Waals surface area contributed by atoms with Crippen molar-refractivity contribution in [3.8, 4) is 0 Å². The highest BCUT2D eigenvalue weighted by molar-refractivity contribution is 5.68. The highest BCUT2D eigenvalue weighted by Gasteiger charge is 2.21. The summed E-state index contributed by atoms with van der Waals surface area (Å²) >= 11 is 0. The number of rotatable bonds is 6. The highest BCUT2D eigenvalue weighted by atomic mass is 16.5.